The molecule has 0 fully saturated rings. The van der Waals surface area contributed by atoms with Gasteiger partial charge in [-0.15, -0.1) is 0 Å². The van der Waals surface area contributed by atoms with Crippen LogP contribution in [0.5, 0.6) is 0 Å². The van der Waals surface area contributed by atoms with Gasteiger partial charge in [0.25, 0.3) is 0 Å². The van der Waals surface area contributed by atoms with Crippen molar-refractivity contribution in [3.8, 4) is 0 Å². The van der Waals surface area contributed by atoms with Crippen LogP contribution in [0.1, 0.15) is 39.2 Å². The SMILES string of the molecule is CCCCN1CC(C)(C)c2ccccc21. The maximum atomic E-state index is 2.54. The molecule has 0 unspecified atom stereocenters. The van der Waals surface area contributed by atoms with Gasteiger partial charge in [0, 0.05) is 24.2 Å². The number of rotatable bonds is 3. The fraction of sp³-hybridized carbons (Fsp3) is 0.571. The molecule has 0 atom stereocenters. The molecule has 0 amide bonds. The Morgan fingerprint density at radius 2 is 2.00 bits per heavy atom. The second-order valence-corrected chi connectivity index (χ2v) is 5.18. The molecule has 0 aliphatic carbocycles. The van der Waals surface area contributed by atoms with Gasteiger partial charge in [-0.25, -0.2) is 0 Å². The van der Waals surface area contributed by atoms with E-state index in [9.17, 15) is 0 Å². The van der Waals surface area contributed by atoms with Crippen LogP contribution < -0.4 is 4.90 Å². The van der Waals surface area contributed by atoms with Crippen molar-refractivity contribution in [3.05, 3.63) is 29.8 Å². The van der Waals surface area contributed by atoms with Crippen molar-refractivity contribution in [1.29, 1.82) is 0 Å². The highest BCUT2D eigenvalue weighted by Gasteiger charge is 2.33. The smallest absolute Gasteiger partial charge is 0.0405 e. The molecule has 1 aromatic rings. The number of para-hydroxylation sites is 1. The predicted octanol–water partition coefficient (Wildman–Crippen LogP) is 3.58. The molecule has 15 heavy (non-hydrogen) atoms. The van der Waals surface area contributed by atoms with E-state index in [4.69, 9.17) is 0 Å². The lowest BCUT2D eigenvalue weighted by Crippen LogP contribution is -2.29. The fourth-order valence-electron chi connectivity index (χ4n) is 2.52. The maximum absolute atomic E-state index is 2.54. The first-order valence-corrected chi connectivity index (χ1v) is 5.99. The van der Waals surface area contributed by atoms with Crippen LogP contribution in [0.2, 0.25) is 0 Å². The summed E-state index contributed by atoms with van der Waals surface area (Å²) >= 11 is 0. The van der Waals surface area contributed by atoms with Crippen LogP contribution in [0.15, 0.2) is 24.3 Å². The van der Waals surface area contributed by atoms with Gasteiger partial charge in [-0.05, 0) is 18.1 Å². The van der Waals surface area contributed by atoms with Crippen LogP contribution in [0.4, 0.5) is 5.69 Å². The molecule has 1 heteroatoms. The quantitative estimate of drug-likeness (QED) is 0.725. The van der Waals surface area contributed by atoms with Crippen LogP contribution in [-0.2, 0) is 5.41 Å². The Balaban J connectivity index is 2.26. The van der Waals surface area contributed by atoms with Crippen molar-refractivity contribution >= 4 is 5.69 Å². The predicted molar refractivity (Wildman–Crippen MR) is 66.6 cm³/mol. The minimum atomic E-state index is 0.324. The van der Waals surface area contributed by atoms with Crippen molar-refractivity contribution in [2.75, 3.05) is 18.0 Å². The topological polar surface area (TPSA) is 3.24 Å². The van der Waals surface area contributed by atoms with E-state index >= 15 is 0 Å². The summed E-state index contributed by atoms with van der Waals surface area (Å²) in [4.78, 5) is 2.54. The van der Waals surface area contributed by atoms with Crippen molar-refractivity contribution in [2.24, 2.45) is 0 Å². The van der Waals surface area contributed by atoms with E-state index in [-0.39, 0.29) is 0 Å². The van der Waals surface area contributed by atoms with Gasteiger partial charge < -0.3 is 4.90 Å². The molecule has 0 aromatic heterocycles. The van der Waals surface area contributed by atoms with Gasteiger partial charge in [-0.1, -0.05) is 45.4 Å². The van der Waals surface area contributed by atoms with Crippen molar-refractivity contribution < 1.29 is 0 Å². The van der Waals surface area contributed by atoms with E-state index in [1.807, 2.05) is 0 Å². The summed E-state index contributed by atoms with van der Waals surface area (Å²) in [5, 5.41) is 0. The largest absolute Gasteiger partial charge is 0.370 e. The zero-order valence-electron chi connectivity index (χ0n) is 10.1. The Hall–Kier alpha value is -0.980. The first-order valence-electron chi connectivity index (χ1n) is 5.99. The molecule has 0 saturated heterocycles. The molecule has 0 spiro atoms. The molecule has 0 N–H and O–H groups in total. The number of nitrogens with zero attached hydrogens (tertiary/aromatic N) is 1. The number of hydrogen-bond acceptors (Lipinski definition) is 1. The molecule has 1 aliphatic rings. The third-order valence-electron chi connectivity index (χ3n) is 3.34. The normalized spacial score (nSPS) is 17.9. The zero-order valence-corrected chi connectivity index (χ0v) is 10.1. The van der Waals surface area contributed by atoms with Gasteiger partial charge in [-0.3, -0.25) is 0 Å². The highest BCUT2D eigenvalue weighted by atomic mass is 15.2. The van der Waals surface area contributed by atoms with E-state index in [0.717, 1.165) is 0 Å². The molecule has 1 aromatic carbocycles. The summed E-state index contributed by atoms with van der Waals surface area (Å²) in [6.07, 6.45) is 2.57. The minimum Gasteiger partial charge on any atom is -0.370 e. The lowest BCUT2D eigenvalue weighted by atomic mass is 9.87. The van der Waals surface area contributed by atoms with E-state index < -0.39 is 0 Å². The third kappa shape index (κ3) is 1.88. The molecule has 82 valence electrons. The summed E-state index contributed by atoms with van der Waals surface area (Å²) in [7, 11) is 0. The number of benzene rings is 1. The van der Waals surface area contributed by atoms with E-state index in [1.165, 1.54) is 37.2 Å². The third-order valence-corrected chi connectivity index (χ3v) is 3.34. The lowest BCUT2D eigenvalue weighted by molar-refractivity contribution is 0.546. The van der Waals surface area contributed by atoms with Crippen molar-refractivity contribution in [1.82, 2.24) is 0 Å². The van der Waals surface area contributed by atoms with Crippen molar-refractivity contribution in [2.45, 2.75) is 39.0 Å². The maximum Gasteiger partial charge on any atom is 0.0405 e. The average molecular weight is 203 g/mol. The Morgan fingerprint density at radius 3 is 2.73 bits per heavy atom. The Kier molecular flexibility index (Phi) is 2.72. The van der Waals surface area contributed by atoms with Gasteiger partial charge in [0.15, 0.2) is 0 Å². The molecule has 2 rings (SSSR count). The molecule has 0 bridgehead atoms. The summed E-state index contributed by atoms with van der Waals surface area (Å²) in [6, 6.07) is 8.85. The molecule has 1 nitrogen and oxygen atoms in total. The molecular weight excluding hydrogens is 182 g/mol. The lowest BCUT2D eigenvalue weighted by Gasteiger charge is -2.22. The van der Waals surface area contributed by atoms with Crippen LogP contribution in [0, 0.1) is 0 Å². The highest BCUT2D eigenvalue weighted by Crippen LogP contribution is 2.39. The Bertz CT molecular complexity index is 341. The Morgan fingerprint density at radius 1 is 1.27 bits per heavy atom. The summed E-state index contributed by atoms with van der Waals surface area (Å²) in [6.45, 7) is 9.33. The van der Waals surface area contributed by atoms with Crippen molar-refractivity contribution in [3.63, 3.8) is 0 Å². The monoisotopic (exact) mass is 203 g/mol. The van der Waals surface area contributed by atoms with E-state index in [0.29, 0.717) is 5.41 Å². The van der Waals surface area contributed by atoms with Gasteiger partial charge >= 0.3 is 0 Å². The molecule has 1 aliphatic heterocycles. The van der Waals surface area contributed by atoms with Crippen LogP contribution in [0.25, 0.3) is 0 Å². The van der Waals surface area contributed by atoms with E-state index in [1.54, 1.807) is 0 Å². The van der Waals surface area contributed by atoms with E-state index in [2.05, 4.69) is 49.9 Å². The van der Waals surface area contributed by atoms with Crippen LogP contribution >= 0.6 is 0 Å². The first-order chi connectivity index (χ1) is 7.15. The second kappa shape index (κ2) is 3.88. The molecule has 1 heterocycles. The standard InChI is InChI=1S/C14H21N/c1-4-5-10-15-11-14(2,3)12-8-6-7-9-13(12)15/h6-9H,4-5,10-11H2,1-3H3. The van der Waals surface area contributed by atoms with Gasteiger partial charge in [-0.2, -0.15) is 0 Å². The second-order valence-electron chi connectivity index (χ2n) is 5.18. The number of hydrogen-bond donors (Lipinski definition) is 0. The average Bonchev–Trinajstić information content (AvgIpc) is 2.49. The molecular formula is C14H21N. The Labute approximate surface area is 93.1 Å². The fourth-order valence-corrected chi connectivity index (χ4v) is 2.52. The first kappa shape index (κ1) is 10.5. The highest BCUT2D eigenvalue weighted by molar-refractivity contribution is 5.61. The van der Waals surface area contributed by atoms with Gasteiger partial charge in [0.2, 0.25) is 0 Å². The number of anilines is 1. The number of unbranched alkanes of at least 4 members (excludes halogenated alkanes) is 1. The summed E-state index contributed by atoms with van der Waals surface area (Å²) in [5.74, 6) is 0. The van der Waals surface area contributed by atoms with Gasteiger partial charge in [0.1, 0.15) is 0 Å². The minimum absolute atomic E-state index is 0.324. The zero-order chi connectivity index (χ0) is 10.9. The number of fused-ring (bicyclic) bond motifs is 1. The van der Waals surface area contributed by atoms with Gasteiger partial charge in [0.05, 0.1) is 0 Å². The summed E-state index contributed by atoms with van der Waals surface area (Å²) < 4.78 is 0. The van der Waals surface area contributed by atoms with Crippen LogP contribution in [0.3, 0.4) is 0 Å². The summed E-state index contributed by atoms with van der Waals surface area (Å²) in [5.41, 5.74) is 3.29. The molecule has 0 radical (unpaired) electrons. The van der Waals surface area contributed by atoms with Crippen LogP contribution in [-0.4, -0.2) is 13.1 Å². The molecule has 0 saturated carbocycles.